The Morgan fingerprint density at radius 1 is 1.58 bits per heavy atom. The molecule has 2 rings (SSSR count). The lowest BCUT2D eigenvalue weighted by molar-refractivity contribution is -0.00699. The topological polar surface area (TPSA) is 87.2 Å². The Bertz CT molecular complexity index is 476. The summed E-state index contributed by atoms with van der Waals surface area (Å²) in [6, 6.07) is 0. The molecular formula is C13H21N3O3. The molecular weight excluding hydrogens is 246 g/mol. The van der Waals surface area contributed by atoms with Gasteiger partial charge in [-0.3, -0.25) is 9.89 Å². The van der Waals surface area contributed by atoms with E-state index in [-0.39, 0.29) is 24.7 Å². The normalized spacial score (nSPS) is 23.0. The summed E-state index contributed by atoms with van der Waals surface area (Å²) in [6.45, 7) is 7.39. The van der Waals surface area contributed by atoms with Gasteiger partial charge in [0.05, 0.1) is 23.5 Å². The molecule has 19 heavy (non-hydrogen) atoms. The molecule has 0 saturated carbocycles. The number of aromatic amines is 1. The highest BCUT2D eigenvalue weighted by molar-refractivity contribution is 5.94. The van der Waals surface area contributed by atoms with Gasteiger partial charge >= 0.3 is 0 Å². The van der Waals surface area contributed by atoms with Gasteiger partial charge in [-0.25, -0.2) is 0 Å². The minimum absolute atomic E-state index is 0.0703. The third kappa shape index (κ3) is 3.13. The maximum atomic E-state index is 12.1. The lowest BCUT2D eigenvalue weighted by Gasteiger charge is -2.25. The first-order valence-corrected chi connectivity index (χ1v) is 6.51. The molecule has 0 aromatic carbocycles. The highest BCUT2D eigenvalue weighted by atomic mass is 16.5. The number of nitrogens with one attached hydrogen (secondary N) is 2. The first-order chi connectivity index (χ1) is 8.78. The average molecular weight is 267 g/mol. The molecule has 0 saturated heterocycles. The van der Waals surface area contributed by atoms with Crippen molar-refractivity contribution in [3.05, 3.63) is 17.0 Å². The summed E-state index contributed by atoms with van der Waals surface area (Å²) in [4.78, 5) is 12.1. The van der Waals surface area contributed by atoms with Crippen LogP contribution in [0.3, 0.4) is 0 Å². The monoisotopic (exact) mass is 267 g/mol. The molecule has 0 unspecified atom stereocenters. The molecule has 1 aliphatic rings. The molecule has 2 atom stereocenters. The number of fused-ring (bicyclic) bond motifs is 1. The zero-order valence-electron chi connectivity index (χ0n) is 11.8. The standard InChI is InChI=1S/C13H21N3O3/c1-7-5-9-10(8(2)19-7)15-16-11(9)12(17)14-6-13(3,4)18/h7-8,18H,5-6H2,1-4H3,(H,14,17)(H,15,16)/t7-,8+/m1/s1. The Kier molecular flexibility index (Phi) is 3.64. The van der Waals surface area contributed by atoms with Gasteiger partial charge in [0, 0.05) is 18.5 Å². The molecule has 3 N–H and O–H groups in total. The van der Waals surface area contributed by atoms with Crippen LogP contribution in [0.25, 0.3) is 0 Å². The fourth-order valence-corrected chi connectivity index (χ4v) is 2.24. The second-order valence-corrected chi connectivity index (χ2v) is 5.75. The molecule has 0 radical (unpaired) electrons. The molecule has 1 amide bonds. The van der Waals surface area contributed by atoms with Crippen LogP contribution in [0.15, 0.2) is 0 Å². The van der Waals surface area contributed by atoms with E-state index in [4.69, 9.17) is 4.74 Å². The second-order valence-electron chi connectivity index (χ2n) is 5.75. The van der Waals surface area contributed by atoms with Crippen molar-refractivity contribution in [3.63, 3.8) is 0 Å². The van der Waals surface area contributed by atoms with Crippen LogP contribution in [0.2, 0.25) is 0 Å². The summed E-state index contributed by atoms with van der Waals surface area (Å²) in [6.07, 6.45) is 0.657. The van der Waals surface area contributed by atoms with E-state index in [2.05, 4.69) is 15.5 Å². The molecule has 6 heteroatoms. The van der Waals surface area contributed by atoms with Gasteiger partial charge in [0.15, 0.2) is 5.69 Å². The number of aliphatic hydroxyl groups is 1. The molecule has 0 spiro atoms. The third-order valence-corrected chi connectivity index (χ3v) is 3.13. The van der Waals surface area contributed by atoms with Crippen LogP contribution in [0, 0.1) is 0 Å². The van der Waals surface area contributed by atoms with E-state index in [0.29, 0.717) is 12.1 Å². The van der Waals surface area contributed by atoms with E-state index in [1.165, 1.54) is 0 Å². The van der Waals surface area contributed by atoms with Crippen molar-refractivity contribution in [1.29, 1.82) is 0 Å². The first-order valence-electron chi connectivity index (χ1n) is 6.51. The molecule has 1 aromatic heterocycles. The van der Waals surface area contributed by atoms with Crippen LogP contribution in [0.5, 0.6) is 0 Å². The van der Waals surface area contributed by atoms with Crippen LogP contribution in [-0.2, 0) is 11.2 Å². The van der Waals surface area contributed by atoms with E-state index >= 15 is 0 Å². The van der Waals surface area contributed by atoms with Crippen LogP contribution >= 0.6 is 0 Å². The molecule has 0 fully saturated rings. The molecule has 6 nitrogen and oxygen atoms in total. The van der Waals surface area contributed by atoms with Gasteiger partial charge in [0.25, 0.3) is 5.91 Å². The number of aromatic nitrogens is 2. The molecule has 1 aromatic rings. The quantitative estimate of drug-likeness (QED) is 0.760. The highest BCUT2D eigenvalue weighted by Crippen LogP contribution is 2.29. The summed E-state index contributed by atoms with van der Waals surface area (Å²) in [5, 5.41) is 19.3. The van der Waals surface area contributed by atoms with Gasteiger partial charge in [-0.15, -0.1) is 0 Å². The maximum absolute atomic E-state index is 12.1. The van der Waals surface area contributed by atoms with Crippen molar-refractivity contribution in [3.8, 4) is 0 Å². The Hall–Kier alpha value is -1.40. The number of hydrogen-bond acceptors (Lipinski definition) is 4. The Morgan fingerprint density at radius 3 is 2.89 bits per heavy atom. The number of H-pyrrole nitrogens is 1. The van der Waals surface area contributed by atoms with Gasteiger partial charge < -0.3 is 15.2 Å². The van der Waals surface area contributed by atoms with Crippen LogP contribution < -0.4 is 5.32 Å². The smallest absolute Gasteiger partial charge is 0.272 e. The van der Waals surface area contributed by atoms with E-state index < -0.39 is 5.60 Å². The number of rotatable bonds is 3. The Morgan fingerprint density at radius 2 is 2.26 bits per heavy atom. The molecule has 0 bridgehead atoms. The van der Waals surface area contributed by atoms with Crippen molar-refractivity contribution in [2.24, 2.45) is 0 Å². The van der Waals surface area contributed by atoms with E-state index in [0.717, 1.165) is 11.3 Å². The van der Waals surface area contributed by atoms with Gasteiger partial charge in [0.1, 0.15) is 0 Å². The summed E-state index contributed by atoms with van der Waals surface area (Å²) >= 11 is 0. The number of ether oxygens (including phenoxy) is 1. The predicted octanol–water partition coefficient (Wildman–Crippen LogP) is 0.933. The minimum Gasteiger partial charge on any atom is -0.389 e. The number of nitrogens with zero attached hydrogens (tertiary/aromatic N) is 1. The van der Waals surface area contributed by atoms with Crippen molar-refractivity contribution < 1.29 is 14.6 Å². The first kappa shape index (κ1) is 14.0. The molecule has 106 valence electrons. The van der Waals surface area contributed by atoms with Crippen molar-refractivity contribution >= 4 is 5.91 Å². The number of carbonyl (C=O) groups is 1. The van der Waals surface area contributed by atoms with Crippen LogP contribution in [0.1, 0.15) is 55.5 Å². The average Bonchev–Trinajstić information content (AvgIpc) is 2.68. The van der Waals surface area contributed by atoms with Gasteiger partial charge in [-0.1, -0.05) is 0 Å². The highest BCUT2D eigenvalue weighted by Gasteiger charge is 2.29. The lowest BCUT2D eigenvalue weighted by atomic mass is 9.99. The molecule has 2 heterocycles. The largest absolute Gasteiger partial charge is 0.389 e. The maximum Gasteiger partial charge on any atom is 0.272 e. The number of hydrogen-bond donors (Lipinski definition) is 3. The summed E-state index contributed by atoms with van der Waals surface area (Å²) in [7, 11) is 0. The zero-order valence-corrected chi connectivity index (χ0v) is 11.8. The zero-order chi connectivity index (χ0) is 14.2. The Labute approximate surface area is 112 Å². The Balaban J connectivity index is 2.16. The molecule has 1 aliphatic heterocycles. The van der Waals surface area contributed by atoms with Crippen LogP contribution in [-0.4, -0.2) is 39.5 Å². The van der Waals surface area contributed by atoms with Crippen LogP contribution in [0.4, 0.5) is 0 Å². The minimum atomic E-state index is -0.935. The van der Waals surface area contributed by atoms with E-state index in [1.54, 1.807) is 13.8 Å². The molecule has 0 aliphatic carbocycles. The van der Waals surface area contributed by atoms with Crippen molar-refractivity contribution in [2.45, 2.75) is 51.9 Å². The van der Waals surface area contributed by atoms with Gasteiger partial charge in [0.2, 0.25) is 0 Å². The van der Waals surface area contributed by atoms with Crippen molar-refractivity contribution in [1.82, 2.24) is 15.5 Å². The van der Waals surface area contributed by atoms with Gasteiger partial charge in [-0.05, 0) is 27.7 Å². The fraction of sp³-hybridized carbons (Fsp3) is 0.692. The third-order valence-electron chi connectivity index (χ3n) is 3.13. The lowest BCUT2D eigenvalue weighted by Crippen LogP contribution is -2.38. The summed E-state index contributed by atoms with van der Waals surface area (Å²) < 4.78 is 5.68. The second kappa shape index (κ2) is 4.94. The summed E-state index contributed by atoms with van der Waals surface area (Å²) in [5.74, 6) is -0.263. The van der Waals surface area contributed by atoms with Crippen molar-refractivity contribution in [2.75, 3.05) is 6.54 Å². The summed E-state index contributed by atoms with van der Waals surface area (Å²) in [5.41, 5.74) is 1.25. The van der Waals surface area contributed by atoms with E-state index in [9.17, 15) is 9.90 Å². The number of carbonyl (C=O) groups excluding carboxylic acids is 1. The van der Waals surface area contributed by atoms with Gasteiger partial charge in [-0.2, -0.15) is 5.10 Å². The predicted molar refractivity (Wildman–Crippen MR) is 69.9 cm³/mol. The van der Waals surface area contributed by atoms with E-state index in [1.807, 2.05) is 13.8 Å². The fourth-order valence-electron chi connectivity index (χ4n) is 2.24. The number of amides is 1. The SMILES string of the molecule is C[C@@H]1Cc2c(C(=O)NCC(C)(C)O)n[nH]c2[C@H](C)O1.